The Balaban J connectivity index is 1.96. The lowest BCUT2D eigenvalue weighted by molar-refractivity contribution is 0.252. The van der Waals surface area contributed by atoms with E-state index in [9.17, 15) is 13.6 Å². The molecule has 2 aromatic rings. The number of amides is 2. The molecule has 112 valence electrons. The molecular weight excluding hydrogens is 300 g/mol. The Kier molecular flexibility index (Phi) is 4.69. The van der Waals surface area contributed by atoms with Gasteiger partial charge >= 0.3 is 6.03 Å². The first-order chi connectivity index (χ1) is 9.99. The first-order valence-corrected chi connectivity index (χ1v) is 6.80. The number of nitrogens with one attached hydrogen (secondary N) is 2. The molecule has 1 aromatic heterocycles. The van der Waals surface area contributed by atoms with Crippen LogP contribution in [-0.4, -0.2) is 18.1 Å². The van der Waals surface area contributed by atoms with Crippen LogP contribution in [0.5, 0.6) is 5.75 Å². The number of ether oxygens (including phenoxy) is 1. The SMILES string of the molecule is COc1c(F)cc(NC(=O)NCc2cnc(C)s2)cc1F. The first kappa shape index (κ1) is 15.2. The molecule has 0 spiro atoms. The number of carbonyl (C=O) groups is 1. The fraction of sp³-hybridized carbons (Fsp3) is 0.231. The van der Waals surface area contributed by atoms with Crippen molar-refractivity contribution in [2.75, 3.05) is 12.4 Å². The second-order valence-electron chi connectivity index (χ2n) is 4.13. The molecule has 2 N–H and O–H groups in total. The highest BCUT2D eigenvalue weighted by atomic mass is 32.1. The number of anilines is 1. The number of aromatic nitrogens is 1. The Hall–Kier alpha value is -2.22. The van der Waals surface area contributed by atoms with Crippen molar-refractivity contribution in [2.45, 2.75) is 13.5 Å². The summed E-state index contributed by atoms with van der Waals surface area (Å²) in [5, 5.41) is 5.82. The predicted octanol–water partition coefficient (Wildman–Crippen LogP) is 3.06. The minimum atomic E-state index is -0.883. The highest BCUT2D eigenvalue weighted by Crippen LogP contribution is 2.25. The Labute approximate surface area is 124 Å². The van der Waals surface area contributed by atoms with Gasteiger partial charge in [0.15, 0.2) is 17.4 Å². The highest BCUT2D eigenvalue weighted by Gasteiger charge is 2.13. The molecule has 0 radical (unpaired) electrons. The molecule has 0 saturated carbocycles. The van der Waals surface area contributed by atoms with Crippen LogP contribution in [0, 0.1) is 18.6 Å². The number of hydrogen-bond acceptors (Lipinski definition) is 4. The van der Waals surface area contributed by atoms with Crippen molar-refractivity contribution in [1.29, 1.82) is 0 Å². The molecule has 8 heteroatoms. The molecule has 0 unspecified atom stereocenters. The number of hydrogen-bond donors (Lipinski definition) is 2. The van der Waals surface area contributed by atoms with Crippen LogP contribution in [0.3, 0.4) is 0 Å². The molecule has 0 aliphatic rings. The Bertz CT molecular complexity index is 638. The van der Waals surface area contributed by atoms with Crippen molar-refractivity contribution in [1.82, 2.24) is 10.3 Å². The van der Waals surface area contributed by atoms with Gasteiger partial charge in [0.25, 0.3) is 0 Å². The first-order valence-electron chi connectivity index (χ1n) is 5.98. The van der Waals surface area contributed by atoms with E-state index in [1.165, 1.54) is 18.4 Å². The molecule has 0 aliphatic carbocycles. The monoisotopic (exact) mass is 313 g/mol. The van der Waals surface area contributed by atoms with Crippen LogP contribution in [0.2, 0.25) is 0 Å². The number of aryl methyl sites for hydroxylation is 1. The second kappa shape index (κ2) is 6.49. The fourth-order valence-electron chi connectivity index (χ4n) is 1.66. The number of carbonyl (C=O) groups excluding carboxylic acids is 1. The van der Waals surface area contributed by atoms with Gasteiger partial charge in [-0.1, -0.05) is 0 Å². The summed E-state index contributed by atoms with van der Waals surface area (Å²) in [5.41, 5.74) is 0.00350. The number of thiazole rings is 1. The second-order valence-corrected chi connectivity index (χ2v) is 5.45. The van der Waals surface area contributed by atoms with Crippen molar-refractivity contribution >= 4 is 23.1 Å². The van der Waals surface area contributed by atoms with Gasteiger partial charge in [0.05, 0.1) is 18.7 Å². The maximum Gasteiger partial charge on any atom is 0.319 e. The zero-order valence-corrected chi connectivity index (χ0v) is 12.2. The smallest absolute Gasteiger partial charge is 0.319 e. The van der Waals surface area contributed by atoms with Gasteiger partial charge in [0, 0.05) is 28.9 Å². The van der Waals surface area contributed by atoms with E-state index in [2.05, 4.69) is 20.4 Å². The van der Waals surface area contributed by atoms with Gasteiger partial charge in [-0.05, 0) is 6.92 Å². The van der Waals surface area contributed by atoms with E-state index in [4.69, 9.17) is 0 Å². The fourth-order valence-corrected chi connectivity index (χ4v) is 2.39. The number of urea groups is 1. The maximum atomic E-state index is 13.5. The summed E-state index contributed by atoms with van der Waals surface area (Å²) in [4.78, 5) is 16.6. The van der Waals surface area contributed by atoms with Crippen LogP contribution >= 0.6 is 11.3 Å². The van der Waals surface area contributed by atoms with Gasteiger partial charge in [-0.15, -0.1) is 11.3 Å². The van der Waals surface area contributed by atoms with Gasteiger partial charge < -0.3 is 15.4 Å². The van der Waals surface area contributed by atoms with E-state index >= 15 is 0 Å². The molecule has 0 saturated heterocycles. The third-order valence-corrected chi connectivity index (χ3v) is 3.47. The van der Waals surface area contributed by atoms with Crippen molar-refractivity contribution in [3.8, 4) is 5.75 Å². The Morgan fingerprint density at radius 1 is 1.38 bits per heavy atom. The summed E-state index contributed by atoms with van der Waals surface area (Å²) >= 11 is 1.46. The predicted molar refractivity (Wildman–Crippen MR) is 75.6 cm³/mol. The largest absolute Gasteiger partial charge is 0.491 e. The summed E-state index contributed by atoms with van der Waals surface area (Å²) in [7, 11) is 1.17. The van der Waals surface area contributed by atoms with Crippen LogP contribution in [-0.2, 0) is 6.54 Å². The number of rotatable bonds is 4. The van der Waals surface area contributed by atoms with Crippen LogP contribution in [0.25, 0.3) is 0 Å². The maximum absolute atomic E-state index is 13.5. The highest BCUT2D eigenvalue weighted by molar-refractivity contribution is 7.11. The molecule has 1 aromatic carbocycles. The van der Waals surface area contributed by atoms with Crippen molar-refractivity contribution in [3.05, 3.63) is 39.8 Å². The molecule has 2 rings (SSSR count). The van der Waals surface area contributed by atoms with E-state index in [-0.39, 0.29) is 5.69 Å². The zero-order valence-electron chi connectivity index (χ0n) is 11.4. The van der Waals surface area contributed by atoms with Gasteiger partial charge in [-0.3, -0.25) is 0 Å². The van der Waals surface area contributed by atoms with Crippen LogP contribution in [0.4, 0.5) is 19.3 Å². The summed E-state index contributed by atoms with van der Waals surface area (Å²) in [6, 6.07) is 1.40. The van der Waals surface area contributed by atoms with Crippen molar-refractivity contribution < 1.29 is 18.3 Å². The van der Waals surface area contributed by atoms with Crippen LogP contribution in [0.1, 0.15) is 9.88 Å². The van der Waals surface area contributed by atoms with Gasteiger partial charge in [0.2, 0.25) is 0 Å². The summed E-state index contributed by atoms with van der Waals surface area (Å²) in [6.07, 6.45) is 1.66. The van der Waals surface area contributed by atoms with Gasteiger partial charge in [0.1, 0.15) is 0 Å². The molecule has 5 nitrogen and oxygen atoms in total. The molecule has 1 heterocycles. The summed E-state index contributed by atoms with van der Waals surface area (Å²) in [5.74, 6) is -2.25. The summed E-state index contributed by atoms with van der Waals surface area (Å²) < 4.78 is 31.5. The molecule has 0 fully saturated rings. The van der Waals surface area contributed by atoms with Crippen LogP contribution < -0.4 is 15.4 Å². The number of nitrogens with zero attached hydrogens (tertiary/aromatic N) is 1. The molecule has 0 bridgehead atoms. The zero-order chi connectivity index (χ0) is 15.4. The number of benzene rings is 1. The topological polar surface area (TPSA) is 63.2 Å². The Morgan fingerprint density at radius 3 is 2.57 bits per heavy atom. The average Bonchev–Trinajstić information content (AvgIpc) is 2.82. The normalized spacial score (nSPS) is 10.3. The summed E-state index contributed by atoms with van der Waals surface area (Å²) in [6.45, 7) is 2.15. The molecule has 0 aliphatic heterocycles. The number of halogens is 2. The van der Waals surface area contributed by atoms with E-state index in [1.807, 2.05) is 6.92 Å². The quantitative estimate of drug-likeness (QED) is 0.912. The third kappa shape index (κ3) is 3.88. The van der Waals surface area contributed by atoms with E-state index in [1.54, 1.807) is 6.20 Å². The van der Waals surface area contributed by atoms with Crippen molar-refractivity contribution in [2.24, 2.45) is 0 Å². The lowest BCUT2D eigenvalue weighted by atomic mass is 10.2. The standard InChI is InChI=1S/C13H13F2N3O2S/c1-7-16-5-9(21-7)6-17-13(19)18-8-3-10(14)12(20-2)11(15)4-8/h3-5H,6H2,1-2H3,(H2,17,18,19). The average molecular weight is 313 g/mol. The van der Waals surface area contributed by atoms with E-state index in [0.29, 0.717) is 6.54 Å². The molecule has 2 amide bonds. The van der Waals surface area contributed by atoms with Crippen molar-refractivity contribution in [3.63, 3.8) is 0 Å². The van der Waals surface area contributed by atoms with E-state index < -0.39 is 23.4 Å². The molecule has 0 atom stereocenters. The third-order valence-electron chi connectivity index (χ3n) is 2.55. The van der Waals surface area contributed by atoms with Gasteiger partial charge in [-0.25, -0.2) is 18.6 Å². The minimum absolute atomic E-state index is 0.00350. The van der Waals surface area contributed by atoms with E-state index in [0.717, 1.165) is 22.0 Å². The molecular formula is C13H13F2N3O2S. The minimum Gasteiger partial charge on any atom is -0.491 e. The Morgan fingerprint density at radius 2 is 2.05 bits per heavy atom. The molecule has 21 heavy (non-hydrogen) atoms. The number of methoxy groups -OCH3 is 1. The lowest BCUT2D eigenvalue weighted by Gasteiger charge is -2.09. The lowest BCUT2D eigenvalue weighted by Crippen LogP contribution is -2.28. The van der Waals surface area contributed by atoms with Gasteiger partial charge in [-0.2, -0.15) is 0 Å². The van der Waals surface area contributed by atoms with Crippen LogP contribution in [0.15, 0.2) is 18.3 Å².